The van der Waals surface area contributed by atoms with Gasteiger partial charge in [-0.2, -0.15) is 0 Å². The van der Waals surface area contributed by atoms with E-state index in [0.29, 0.717) is 13.3 Å². The normalized spacial score (nSPS) is 12.3. The van der Waals surface area contributed by atoms with E-state index in [4.69, 9.17) is 18.9 Å². The van der Waals surface area contributed by atoms with E-state index in [0.717, 1.165) is 40.7 Å². The molecule has 5 heteroatoms. The SMILES string of the molecule is COc1cccc(CNCc2ccc3c(c2)OCO3)c1OC. The number of rotatable bonds is 6. The summed E-state index contributed by atoms with van der Waals surface area (Å²) in [5.74, 6) is 3.12. The van der Waals surface area contributed by atoms with Crippen molar-refractivity contribution in [3.05, 3.63) is 47.5 Å². The van der Waals surface area contributed by atoms with E-state index in [-0.39, 0.29) is 0 Å². The zero-order valence-electron chi connectivity index (χ0n) is 12.7. The molecule has 0 fully saturated rings. The Morgan fingerprint density at radius 3 is 2.68 bits per heavy atom. The molecule has 1 aliphatic rings. The van der Waals surface area contributed by atoms with Crippen LogP contribution in [0.4, 0.5) is 0 Å². The van der Waals surface area contributed by atoms with Gasteiger partial charge in [-0.1, -0.05) is 18.2 Å². The highest BCUT2D eigenvalue weighted by atomic mass is 16.7. The predicted octanol–water partition coefficient (Wildman–Crippen LogP) is 2.72. The van der Waals surface area contributed by atoms with E-state index in [1.165, 1.54) is 0 Å². The second-order valence-electron chi connectivity index (χ2n) is 4.94. The van der Waals surface area contributed by atoms with Crippen LogP contribution in [0.5, 0.6) is 23.0 Å². The number of hydrogen-bond donors (Lipinski definition) is 1. The lowest BCUT2D eigenvalue weighted by molar-refractivity contribution is 0.174. The molecule has 1 heterocycles. The molecule has 2 aromatic carbocycles. The molecule has 3 rings (SSSR count). The van der Waals surface area contributed by atoms with Crippen LogP contribution in [-0.4, -0.2) is 21.0 Å². The van der Waals surface area contributed by atoms with E-state index < -0.39 is 0 Å². The maximum atomic E-state index is 5.43. The predicted molar refractivity (Wildman–Crippen MR) is 82.7 cm³/mol. The maximum Gasteiger partial charge on any atom is 0.231 e. The molecule has 0 saturated carbocycles. The molecule has 22 heavy (non-hydrogen) atoms. The van der Waals surface area contributed by atoms with Crippen LogP contribution >= 0.6 is 0 Å². The van der Waals surface area contributed by atoms with Crippen molar-refractivity contribution in [2.45, 2.75) is 13.1 Å². The van der Waals surface area contributed by atoms with Crippen LogP contribution in [0.25, 0.3) is 0 Å². The molecule has 5 nitrogen and oxygen atoms in total. The Balaban J connectivity index is 1.64. The van der Waals surface area contributed by atoms with Gasteiger partial charge in [-0.3, -0.25) is 0 Å². The molecule has 1 N–H and O–H groups in total. The largest absolute Gasteiger partial charge is 0.493 e. The summed E-state index contributed by atoms with van der Waals surface area (Å²) in [6.45, 7) is 1.72. The number of para-hydroxylation sites is 1. The van der Waals surface area contributed by atoms with Crippen molar-refractivity contribution < 1.29 is 18.9 Å². The molecule has 2 aromatic rings. The summed E-state index contributed by atoms with van der Waals surface area (Å²) in [4.78, 5) is 0. The van der Waals surface area contributed by atoms with Gasteiger partial charge in [0.1, 0.15) is 0 Å². The first-order chi connectivity index (χ1) is 10.8. The minimum atomic E-state index is 0.299. The third kappa shape index (κ3) is 2.94. The number of ether oxygens (including phenoxy) is 4. The zero-order chi connectivity index (χ0) is 15.4. The molecular formula is C17H19NO4. The summed E-state index contributed by atoms with van der Waals surface area (Å²) >= 11 is 0. The van der Waals surface area contributed by atoms with Crippen LogP contribution in [0.1, 0.15) is 11.1 Å². The summed E-state index contributed by atoms with van der Waals surface area (Å²) in [6.07, 6.45) is 0. The van der Waals surface area contributed by atoms with E-state index in [2.05, 4.69) is 5.32 Å². The number of nitrogens with one attached hydrogen (secondary N) is 1. The van der Waals surface area contributed by atoms with Crippen molar-refractivity contribution in [1.82, 2.24) is 5.32 Å². The van der Waals surface area contributed by atoms with Crippen molar-refractivity contribution >= 4 is 0 Å². The molecule has 0 bridgehead atoms. The molecule has 0 spiro atoms. The van der Waals surface area contributed by atoms with Crippen molar-refractivity contribution in [2.24, 2.45) is 0 Å². The average Bonchev–Trinajstić information content (AvgIpc) is 3.02. The number of fused-ring (bicyclic) bond motifs is 1. The fourth-order valence-corrected chi connectivity index (χ4v) is 2.49. The van der Waals surface area contributed by atoms with Crippen LogP contribution in [-0.2, 0) is 13.1 Å². The summed E-state index contributed by atoms with van der Waals surface area (Å²) in [5, 5.41) is 3.40. The second kappa shape index (κ2) is 6.58. The Hall–Kier alpha value is -2.40. The Morgan fingerprint density at radius 2 is 1.86 bits per heavy atom. The second-order valence-corrected chi connectivity index (χ2v) is 4.94. The number of hydrogen-bond acceptors (Lipinski definition) is 5. The molecule has 0 aromatic heterocycles. The highest BCUT2D eigenvalue weighted by molar-refractivity contribution is 5.47. The van der Waals surface area contributed by atoms with Gasteiger partial charge in [-0.05, 0) is 23.8 Å². The van der Waals surface area contributed by atoms with Crippen molar-refractivity contribution in [3.63, 3.8) is 0 Å². The highest BCUT2D eigenvalue weighted by Crippen LogP contribution is 2.33. The lowest BCUT2D eigenvalue weighted by Crippen LogP contribution is -2.13. The van der Waals surface area contributed by atoms with Gasteiger partial charge in [0.05, 0.1) is 14.2 Å². The van der Waals surface area contributed by atoms with Crippen LogP contribution < -0.4 is 24.3 Å². The fourth-order valence-electron chi connectivity index (χ4n) is 2.49. The molecule has 116 valence electrons. The lowest BCUT2D eigenvalue weighted by Gasteiger charge is -2.13. The molecule has 0 aliphatic carbocycles. The molecule has 0 saturated heterocycles. The average molecular weight is 301 g/mol. The van der Waals surface area contributed by atoms with Crippen LogP contribution in [0.3, 0.4) is 0 Å². The van der Waals surface area contributed by atoms with Gasteiger partial charge >= 0.3 is 0 Å². The number of benzene rings is 2. The number of methoxy groups -OCH3 is 2. The summed E-state index contributed by atoms with van der Waals surface area (Å²) in [7, 11) is 3.29. The van der Waals surface area contributed by atoms with E-state index in [9.17, 15) is 0 Å². The van der Waals surface area contributed by atoms with Gasteiger partial charge in [0.15, 0.2) is 23.0 Å². The molecule has 0 amide bonds. The third-order valence-corrected chi connectivity index (χ3v) is 3.57. The fraction of sp³-hybridized carbons (Fsp3) is 0.294. The van der Waals surface area contributed by atoms with Crippen LogP contribution in [0.15, 0.2) is 36.4 Å². The molecule has 0 unspecified atom stereocenters. The van der Waals surface area contributed by atoms with E-state index in [1.54, 1.807) is 14.2 Å². The minimum Gasteiger partial charge on any atom is -0.493 e. The van der Waals surface area contributed by atoms with Gasteiger partial charge in [0.25, 0.3) is 0 Å². The monoisotopic (exact) mass is 301 g/mol. The summed E-state index contributed by atoms with van der Waals surface area (Å²) in [6, 6.07) is 11.8. The Labute approximate surface area is 129 Å². The first-order valence-corrected chi connectivity index (χ1v) is 7.11. The molecule has 1 aliphatic heterocycles. The summed E-state index contributed by atoms with van der Waals surface area (Å²) in [5.41, 5.74) is 2.20. The van der Waals surface area contributed by atoms with Crippen molar-refractivity contribution in [1.29, 1.82) is 0 Å². The maximum absolute atomic E-state index is 5.43. The highest BCUT2D eigenvalue weighted by Gasteiger charge is 2.13. The minimum absolute atomic E-state index is 0.299. The first kappa shape index (κ1) is 14.5. The smallest absolute Gasteiger partial charge is 0.231 e. The topological polar surface area (TPSA) is 49.0 Å². The third-order valence-electron chi connectivity index (χ3n) is 3.57. The van der Waals surface area contributed by atoms with Gasteiger partial charge in [-0.15, -0.1) is 0 Å². The molecule has 0 radical (unpaired) electrons. The first-order valence-electron chi connectivity index (χ1n) is 7.11. The van der Waals surface area contributed by atoms with Crippen molar-refractivity contribution in [2.75, 3.05) is 21.0 Å². The lowest BCUT2D eigenvalue weighted by atomic mass is 10.1. The van der Waals surface area contributed by atoms with E-state index in [1.807, 2.05) is 36.4 Å². The Morgan fingerprint density at radius 1 is 1.00 bits per heavy atom. The van der Waals surface area contributed by atoms with Crippen molar-refractivity contribution in [3.8, 4) is 23.0 Å². The quantitative estimate of drug-likeness (QED) is 0.889. The van der Waals surface area contributed by atoms with Gasteiger partial charge in [0.2, 0.25) is 6.79 Å². The van der Waals surface area contributed by atoms with Gasteiger partial charge < -0.3 is 24.3 Å². The Kier molecular flexibility index (Phi) is 4.34. The summed E-state index contributed by atoms with van der Waals surface area (Å²) < 4.78 is 21.4. The molecular weight excluding hydrogens is 282 g/mol. The van der Waals surface area contributed by atoms with Gasteiger partial charge in [0, 0.05) is 18.7 Å². The molecule has 0 atom stereocenters. The van der Waals surface area contributed by atoms with E-state index >= 15 is 0 Å². The Bertz CT molecular complexity index is 657. The zero-order valence-corrected chi connectivity index (χ0v) is 12.7. The van der Waals surface area contributed by atoms with Crippen LogP contribution in [0.2, 0.25) is 0 Å². The van der Waals surface area contributed by atoms with Crippen LogP contribution in [0, 0.1) is 0 Å². The van der Waals surface area contributed by atoms with Gasteiger partial charge in [-0.25, -0.2) is 0 Å². The standard InChI is InChI=1S/C17H19NO4/c1-19-15-5-3-4-13(17(15)20-2)10-18-9-12-6-7-14-16(8-12)22-11-21-14/h3-8,18H,9-11H2,1-2H3.